The molecule has 34 heavy (non-hydrogen) atoms. The molecule has 2 amide bonds. The number of amides is 2. The topological polar surface area (TPSA) is 44.4 Å². The number of nitrogens with zero attached hydrogens (tertiary/aromatic N) is 1. The van der Waals surface area contributed by atoms with Gasteiger partial charge in [0.15, 0.2) is 0 Å². The molecule has 0 atom stereocenters. The van der Waals surface area contributed by atoms with Gasteiger partial charge in [-0.1, -0.05) is 54.6 Å². The van der Waals surface area contributed by atoms with Crippen LogP contribution in [-0.4, -0.2) is 30.6 Å². The molecule has 4 nitrogen and oxygen atoms in total. The Labute approximate surface area is 200 Å². The second kappa shape index (κ2) is 11.7. The fourth-order valence-electron chi connectivity index (χ4n) is 4.49. The van der Waals surface area contributed by atoms with Crippen molar-refractivity contribution in [3.63, 3.8) is 0 Å². The van der Waals surface area contributed by atoms with E-state index in [0.717, 1.165) is 55.7 Å². The van der Waals surface area contributed by atoms with Crippen LogP contribution in [0.3, 0.4) is 0 Å². The smallest absolute Gasteiger partial charge is 0.319 e. The molecule has 1 aliphatic heterocycles. The lowest BCUT2D eigenvalue weighted by Gasteiger charge is -2.32. The van der Waals surface area contributed by atoms with Crippen molar-refractivity contribution in [2.75, 3.05) is 25.0 Å². The zero-order valence-electron chi connectivity index (χ0n) is 19.3. The van der Waals surface area contributed by atoms with Crippen molar-refractivity contribution >= 4 is 11.7 Å². The molecule has 0 bridgehead atoms. The first-order valence-electron chi connectivity index (χ1n) is 11.9. The predicted octanol–water partition coefficient (Wildman–Crippen LogP) is 5.78. The van der Waals surface area contributed by atoms with Crippen molar-refractivity contribution in [2.24, 2.45) is 5.92 Å². The van der Waals surface area contributed by atoms with E-state index in [-0.39, 0.29) is 5.69 Å². The van der Waals surface area contributed by atoms with Crippen LogP contribution >= 0.6 is 0 Å². The SMILES string of the molecule is O=C(NCc1cccc(CCN2CCC(Cc3ccccc3)CC2)c1)Nc1cc(F)ccc1F. The van der Waals surface area contributed by atoms with Gasteiger partial charge in [0.05, 0.1) is 5.69 Å². The van der Waals surface area contributed by atoms with E-state index in [9.17, 15) is 13.6 Å². The summed E-state index contributed by atoms with van der Waals surface area (Å²) in [4.78, 5) is 14.6. The highest BCUT2D eigenvalue weighted by atomic mass is 19.1. The normalized spacial score (nSPS) is 14.6. The molecule has 0 aliphatic carbocycles. The third-order valence-corrected chi connectivity index (χ3v) is 6.41. The number of hydrogen-bond acceptors (Lipinski definition) is 2. The predicted molar refractivity (Wildman–Crippen MR) is 132 cm³/mol. The largest absolute Gasteiger partial charge is 0.334 e. The van der Waals surface area contributed by atoms with Crippen LogP contribution in [0.2, 0.25) is 0 Å². The van der Waals surface area contributed by atoms with Gasteiger partial charge >= 0.3 is 6.03 Å². The molecule has 1 saturated heterocycles. The van der Waals surface area contributed by atoms with Gasteiger partial charge in [-0.15, -0.1) is 0 Å². The van der Waals surface area contributed by atoms with Crippen LogP contribution < -0.4 is 10.6 Å². The summed E-state index contributed by atoms with van der Waals surface area (Å²) in [6.07, 6.45) is 4.60. The number of anilines is 1. The van der Waals surface area contributed by atoms with Crippen LogP contribution in [0.4, 0.5) is 19.3 Å². The molecule has 4 rings (SSSR count). The maximum Gasteiger partial charge on any atom is 0.319 e. The maximum absolute atomic E-state index is 13.7. The average molecular weight is 464 g/mol. The van der Waals surface area contributed by atoms with Crippen molar-refractivity contribution in [3.8, 4) is 0 Å². The molecule has 0 radical (unpaired) electrons. The van der Waals surface area contributed by atoms with Gasteiger partial charge in [0.2, 0.25) is 0 Å². The first-order valence-corrected chi connectivity index (χ1v) is 11.9. The third-order valence-electron chi connectivity index (χ3n) is 6.41. The van der Waals surface area contributed by atoms with E-state index in [4.69, 9.17) is 0 Å². The van der Waals surface area contributed by atoms with Crippen LogP contribution in [-0.2, 0) is 19.4 Å². The zero-order chi connectivity index (χ0) is 23.8. The Morgan fingerprint density at radius 3 is 2.41 bits per heavy atom. The van der Waals surface area contributed by atoms with E-state index in [1.807, 2.05) is 12.1 Å². The molecule has 2 N–H and O–H groups in total. The van der Waals surface area contributed by atoms with Crippen LogP contribution in [0.15, 0.2) is 72.8 Å². The van der Waals surface area contributed by atoms with Crippen LogP contribution in [0.5, 0.6) is 0 Å². The number of likely N-dealkylation sites (tertiary alicyclic amines) is 1. The first kappa shape index (κ1) is 23.9. The molecule has 0 saturated carbocycles. The summed E-state index contributed by atoms with van der Waals surface area (Å²) < 4.78 is 27.0. The number of benzene rings is 3. The summed E-state index contributed by atoms with van der Waals surface area (Å²) in [6.45, 7) is 3.60. The summed E-state index contributed by atoms with van der Waals surface area (Å²) in [5.74, 6) is -0.521. The standard InChI is InChI=1S/C28H31F2N3O/c29-25-9-10-26(30)27(19-25)32-28(34)31-20-24-8-4-7-22(18-24)11-14-33-15-12-23(13-16-33)17-21-5-2-1-3-6-21/h1-10,18-19,23H,11-17,20H2,(H2,31,32,34). The summed E-state index contributed by atoms with van der Waals surface area (Å²) in [7, 11) is 0. The number of nitrogens with one attached hydrogen (secondary N) is 2. The molecule has 1 aliphatic rings. The number of hydrogen-bond donors (Lipinski definition) is 2. The van der Waals surface area contributed by atoms with E-state index in [2.05, 4.69) is 58.0 Å². The molecule has 3 aromatic carbocycles. The van der Waals surface area contributed by atoms with Gasteiger partial charge in [-0.25, -0.2) is 13.6 Å². The minimum absolute atomic E-state index is 0.182. The molecule has 1 fully saturated rings. The van der Waals surface area contributed by atoms with Gasteiger partial charge in [-0.05, 0) is 73.5 Å². The molecule has 6 heteroatoms. The second-order valence-electron chi connectivity index (χ2n) is 8.98. The molecular formula is C28H31F2N3O. The van der Waals surface area contributed by atoms with Crippen LogP contribution in [0.25, 0.3) is 0 Å². The first-order chi connectivity index (χ1) is 16.5. The summed E-state index contributed by atoms with van der Waals surface area (Å²) in [5, 5.41) is 5.05. The van der Waals surface area contributed by atoms with Gasteiger partial charge in [-0.2, -0.15) is 0 Å². The van der Waals surface area contributed by atoms with E-state index < -0.39 is 17.7 Å². The number of halogens is 2. The van der Waals surface area contributed by atoms with E-state index in [1.165, 1.54) is 30.4 Å². The monoisotopic (exact) mass is 463 g/mol. The van der Waals surface area contributed by atoms with Crippen molar-refractivity contribution in [3.05, 3.63) is 101 Å². The number of carbonyl (C=O) groups excluding carboxylic acids is 1. The molecule has 0 aromatic heterocycles. The number of rotatable bonds is 8. The molecular weight excluding hydrogens is 432 g/mol. The van der Waals surface area contributed by atoms with Gasteiger partial charge in [0.1, 0.15) is 11.6 Å². The Morgan fingerprint density at radius 1 is 0.882 bits per heavy atom. The highest BCUT2D eigenvalue weighted by Gasteiger charge is 2.19. The maximum atomic E-state index is 13.7. The lowest BCUT2D eigenvalue weighted by atomic mass is 9.90. The highest BCUT2D eigenvalue weighted by molar-refractivity contribution is 5.89. The molecule has 0 unspecified atom stereocenters. The Hall–Kier alpha value is -3.25. The highest BCUT2D eigenvalue weighted by Crippen LogP contribution is 2.22. The van der Waals surface area contributed by atoms with E-state index in [0.29, 0.717) is 6.54 Å². The number of piperidine rings is 1. The van der Waals surface area contributed by atoms with E-state index in [1.54, 1.807) is 0 Å². The molecule has 0 spiro atoms. The zero-order valence-corrected chi connectivity index (χ0v) is 19.3. The van der Waals surface area contributed by atoms with Crippen molar-refractivity contribution in [2.45, 2.75) is 32.2 Å². The Balaban J connectivity index is 1.19. The lowest BCUT2D eigenvalue weighted by molar-refractivity contribution is 0.186. The van der Waals surface area contributed by atoms with Crippen LogP contribution in [0.1, 0.15) is 29.5 Å². The third kappa shape index (κ3) is 7.12. The van der Waals surface area contributed by atoms with Crippen molar-refractivity contribution in [1.82, 2.24) is 10.2 Å². The number of carbonyl (C=O) groups is 1. The minimum atomic E-state index is -0.678. The summed E-state index contributed by atoms with van der Waals surface area (Å²) in [5.41, 5.74) is 3.44. The van der Waals surface area contributed by atoms with E-state index >= 15 is 0 Å². The summed E-state index contributed by atoms with van der Waals surface area (Å²) in [6, 6.07) is 21.2. The van der Waals surface area contributed by atoms with Crippen molar-refractivity contribution in [1.29, 1.82) is 0 Å². The Kier molecular flexibility index (Phi) is 8.26. The second-order valence-corrected chi connectivity index (χ2v) is 8.98. The minimum Gasteiger partial charge on any atom is -0.334 e. The lowest BCUT2D eigenvalue weighted by Crippen LogP contribution is -2.35. The van der Waals surface area contributed by atoms with Gasteiger partial charge in [-0.3, -0.25) is 0 Å². The number of urea groups is 1. The average Bonchev–Trinajstić information content (AvgIpc) is 2.85. The quantitative estimate of drug-likeness (QED) is 0.445. The van der Waals surface area contributed by atoms with Gasteiger partial charge in [0.25, 0.3) is 0 Å². The fraction of sp³-hybridized carbons (Fsp3) is 0.321. The van der Waals surface area contributed by atoms with Gasteiger partial charge in [0, 0.05) is 19.2 Å². The van der Waals surface area contributed by atoms with Crippen molar-refractivity contribution < 1.29 is 13.6 Å². The molecule has 3 aromatic rings. The van der Waals surface area contributed by atoms with Gasteiger partial charge < -0.3 is 15.5 Å². The Bertz CT molecular complexity index is 1080. The van der Waals surface area contributed by atoms with Crippen LogP contribution in [0, 0.1) is 17.6 Å². The fourth-order valence-corrected chi connectivity index (χ4v) is 4.49. The summed E-state index contributed by atoms with van der Waals surface area (Å²) >= 11 is 0. The molecule has 1 heterocycles. The molecule has 178 valence electrons. The Morgan fingerprint density at radius 2 is 1.62 bits per heavy atom.